The number of amides is 2. The molecule has 1 aromatic heterocycles. The van der Waals surface area contributed by atoms with Crippen LogP contribution in [0.25, 0.3) is 0 Å². The third kappa shape index (κ3) is 3.27. The Morgan fingerprint density at radius 3 is 2.39 bits per heavy atom. The van der Waals surface area contributed by atoms with E-state index in [2.05, 4.69) is 10.3 Å². The van der Waals surface area contributed by atoms with Crippen molar-refractivity contribution in [3.8, 4) is 0 Å². The van der Waals surface area contributed by atoms with Gasteiger partial charge in [0, 0.05) is 14.1 Å². The molecule has 2 amide bonds. The zero-order valence-corrected chi connectivity index (χ0v) is 12.0. The summed E-state index contributed by atoms with van der Waals surface area (Å²) < 4.78 is 0. The van der Waals surface area contributed by atoms with Gasteiger partial charge in [0.2, 0.25) is 5.91 Å². The molecule has 0 aliphatic heterocycles. The van der Waals surface area contributed by atoms with Gasteiger partial charge in [0.1, 0.15) is 4.88 Å². The fraction of sp³-hybridized carbons (Fsp3) is 0.545. The van der Waals surface area contributed by atoms with E-state index >= 15 is 0 Å². The monoisotopic (exact) mass is 270 g/mol. The zero-order chi connectivity index (χ0) is 14.1. The second-order valence-electron chi connectivity index (χ2n) is 4.81. The predicted octanol–water partition coefficient (Wildman–Crippen LogP) is 0.829. The molecule has 1 rings (SSSR count). The highest BCUT2D eigenvalue weighted by Crippen LogP contribution is 2.24. The van der Waals surface area contributed by atoms with Crippen molar-refractivity contribution >= 4 is 28.3 Å². The third-order valence-corrected chi connectivity index (χ3v) is 3.26. The van der Waals surface area contributed by atoms with Gasteiger partial charge in [0.05, 0.1) is 11.2 Å². The van der Waals surface area contributed by atoms with Crippen molar-refractivity contribution in [2.75, 3.05) is 19.4 Å². The fourth-order valence-corrected chi connectivity index (χ4v) is 2.09. The van der Waals surface area contributed by atoms with Crippen LogP contribution in [-0.2, 0) is 4.79 Å². The average Bonchev–Trinajstić information content (AvgIpc) is 2.56. The number of nitrogens with one attached hydrogen (secondary N) is 1. The number of rotatable bonds is 3. The molecular formula is C11H18N4O2S. The Morgan fingerprint density at radius 1 is 1.39 bits per heavy atom. The van der Waals surface area contributed by atoms with Crippen LogP contribution in [0.3, 0.4) is 0 Å². The summed E-state index contributed by atoms with van der Waals surface area (Å²) in [6, 6.07) is 0. The number of anilines is 1. The van der Waals surface area contributed by atoms with E-state index in [0.717, 1.165) is 11.3 Å². The summed E-state index contributed by atoms with van der Waals surface area (Å²) in [5.74, 6) is -0.461. The standard InChI is InChI=1S/C11H18N4O2S/c1-6-7(8(16)15(4)5)18-10(13-6)14-9(17)11(2,3)12/h12H2,1-5H3,(H,13,14,17). The summed E-state index contributed by atoms with van der Waals surface area (Å²) in [5, 5.41) is 3.00. The van der Waals surface area contributed by atoms with Gasteiger partial charge in [-0.15, -0.1) is 0 Å². The smallest absolute Gasteiger partial charge is 0.265 e. The van der Waals surface area contributed by atoms with E-state index in [-0.39, 0.29) is 11.8 Å². The first-order chi connectivity index (χ1) is 8.12. The number of hydrogen-bond acceptors (Lipinski definition) is 5. The number of thiazole rings is 1. The van der Waals surface area contributed by atoms with E-state index in [0.29, 0.717) is 15.7 Å². The largest absolute Gasteiger partial charge is 0.344 e. The highest BCUT2D eigenvalue weighted by Gasteiger charge is 2.24. The average molecular weight is 270 g/mol. The normalized spacial score (nSPS) is 11.2. The van der Waals surface area contributed by atoms with Crippen LogP contribution in [0.2, 0.25) is 0 Å². The molecule has 1 aromatic rings. The van der Waals surface area contributed by atoms with Gasteiger partial charge in [-0.1, -0.05) is 11.3 Å². The van der Waals surface area contributed by atoms with E-state index in [1.807, 2.05) is 0 Å². The minimum absolute atomic E-state index is 0.127. The number of nitrogens with two attached hydrogens (primary N) is 1. The van der Waals surface area contributed by atoms with Crippen molar-refractivity contribution < 1.29 is 9.59 Å². The second-order valence-corrected chi connectivity index (χ2v) is 5.81. The summed E-state index contributed by atoms with van der Waals surface area (Å²) in [5.41, 5.74) is 5.29. The van der Waals surface area contributed by atoms with Gasteiger partial charge in [-0.2, -0.15) is 0 Å². The lowest BCUT2D eigenvalue weighted by Gasteiger charge is -2.16. The first-order valence-electron chi connectivity index (χ1n) is 5.42. The molecule has 0 unspecified atom stereocenters. The van der Waals surface area contributed by atoms with Gasteiger partial charge in [-0.25, -0.2) is 4.98 Å². The van der Waals surface area contributed by atoms with Crippen LogP contribution in [0.1, 0.15) is 29.2 Å². The van der Waals surface area contributed by atoms with Crippen LogP contribution >= 0.6 is 11.3 Å². The van der Waals surface area contributed by atoms with Crippen molar-refractivity contribution in [1.29, 1.82) is 0 Å². The number of carbonyl (C=O) groups excluding carboxylic acids is 2. The van der Waals surface area contributed by atoms with E-state index < -0.39 is 5.54 Å². The number of carbonyl (C=O) groups is 2. The maximum atomic E-state index is 11.8. The number of aryl methyl sites for hydroxylation is 1. The summed E-state index contributed by atoms with van der Waals surface area (Å²) in [6.45, 7) is 4.94. The minimum Gasteiger partial charge on any atom is -0.344 e. The molecule has 1 heterocycles. The van der Waals surface area contributed by atoms with Crippen molar-refractivity contribution in [1.82, 2.24) is 9.88 Å². The van der Waals surface area contributed by atoms with Crippen LogP contribution in [0, 0.1) is 6.92 Å². The van der Waals surface area contributed by atoms with Crippen LogP contribution < -0.4 is 11.1 Å². The Bertz CT molecular complexity index is 474. The topological polar surface area (TPSA) is 88.3 Å². The summed E-state index contributed by atoms with van der Waals surface area (Å²) >= 11 is 1.15. The first kappa shape index (κ1) is 14.6. The highest BCUT2D eigenvalue weighted by atomic mass is 32.1. The maximum Gasteiger partial charge on any atom is 0.265 e. The van der Waals surface area contributed by atoms with Crippen LogP contribution in [0.5, 0.6) is 0 Å². The second kappa shape index (κ2) is 5.03. The van der Waals surface area contributed by atoms with Gasteiger partial charge in [-0.3, -0.25) is 9.59 Å². The number of hydrogen-bond donors (Lipinski definition) is 2. The molecular weight excluding hydrogens is 252 g/mol. The van der Waals surface area contributed by atoms with Gasteiger partial charge < -0.3 is 16.0 Å². The Balaban J connectivity index is 2.92. The van der Waals surface area contributed by atoms with Crippen molar-refractivity contribution in [2.45, 2.75) is 26.3 Å². The lowest BCUT2D eigenvalue weighted by Crippen LogP contribution is -2.45. The van der Waals surface area contributed by atoms with Crippen LogP contribution in [0.15, 0.2) is 0 Å². The van der Waals surface area contributed by atoms with E-state index in [1.54, 1.807) is 34.9 Å². The minimum atomic E-state index is -0.981. The van der Waals surface area contributed by atoms with Crippen molar-refractivity contribution in [3.63, 3.8) is 0 Å². The predicted molar refractivity (Wildman–Crippen MR) is 71.8 cm³/mol. The Labute approximate surface area is 110 Å². The molecule has 7 heteroatoms. The maximum absolute atomic E-state index is 11.8. The van der Waals surface area contributed by atoms with Crippen molar-refractivity contribution in [3.05, 3.63) is 10.6 Å². The molecule has 0 spiro atoms. The molecule has 0 bridgehead atoms. The molecule has 0 fully saturated rings. The molecule has 100 valence electrons. The number of aromatic nitrogens is 1. The molecule has 3 N–H and O–H groups in total. The molecule has 0 radical (unpaired) electrons. The lowest BCUT2D eigenvalue weighted by atomic mass is 10.1. The molecule has 0 saturated heterocycles. The molecule has 0 saturated carbocycles. The fourth-order valence-electron chi connectivity index (χ4n) is 1.11. The number of nitrogens with zero attached hydrogens (tertiary/aromatic N) is 2. The van der Waals surface area contributed by atoms with Gasteiger partial charge in [-0.05, 0) is 20.8 Å². The van der Waals surface area contributed by atoms with Crippen LogP contribution in [0.4, 0.5) is 5.13 Å². The van der Waals surface area contributed by atoms with Gasteiger partial charge in [0.25, 0.3) is 5.91 Å². The summed E-state index contributed by atoms with van der Waals surface area (Å²) in [4.78, 5) is 29.7. The molecule has 0 aliphatic carbocycles. The molecule has 0 atom stereocenters. The molecule has 0 aromatic carbocycles. The van der Waals surface area contributed by atoms with E-state index in [9.17, 15) is 9.59 Å². The van der Waals surface area contributed by atoms with E-state index in [4.69, 9.17) is 5.73 Å². The Morgan fingerprint density at radius 2 is 1.94 bits per heavy atom. The molecule has 0 aliphatic rings. The molecule has 18 heavy (non-hydrogen) atoms. The van der Waals surface area contributed by atoms with Gasteiger partial charge in [0.15, 0.2) is 5.13 Å². The Kier molecular flexibility index (Phi) is 4.08. The summed E-state index contributed by atoms with van der Waals surface area (Å²) in [6.07, 6.45) is 0. The lowest BCUT2D eigenvalue weighted by molar-refractivity contribution is -0.120. The first-order valence-corrected chi connectivity index (χ1v) is 6.24. The quantitative estimate of drug-likeness (QED) is 0.851. The zero-order valence-electron chi connectivity index (χ0n) is 11.2. The molecule has 6 nitrogen and oxygen atoms in total. The third-order valence-electron chi connectivity index (χ3n) is 2.20. The van der Waals surface area contributed by atoms with Gasteiger partial charge >= 0.3 is 0 Å². The Hall–Kier alpha value is -1.47. The van der Waals surface area contributed by atoms with Crippen LogP contribution in [-0.4, -0.2) is 41.3 Å². The van der Waals surface area contributed by atoms with E-state index in [1.165, 1.54) is 4.90 Å². The summed E-state index contributed by atoms with van der Waals surface area (Å²) in [7, 11) is 3.34. The van der Waals surface area contributed by atoms with Crippen molar-refractivity contribution in [2.24, 2.45) is 5.73 Å². The SMILES string of the molecule is Cc1nc(NC(=O)C(C)(C)N)sc1C(=O)N(C)C. The highest BCUT2D eigenvalue weighted by molar-refractivity contribution is 7.17.